The lowest BCUT2D eigenvalue weighted by atomic mass is 10.0. The smallest absolute Gasteiger partial charge is 0.410 e. The number of amides is 2. The number of anilines is 1. The molecule has 0 fully saturated rings. The molecule has 0 atom stereocenters. The van der Waals surface area contributed by atoms with E-state index in [0.29, 0.717) is 36.7 Å². The summed E-state index contributed by atoms with van der Waals surface area (Å²) in [6.07, 6.45) is 3.45. The van der Waals surface area contributed by atoms with Crippen LogP contribution in [0.3, 0.4) is 0 Å². The molecule has 0 unspecified atom stereocenters. The van der Waals surface area contributed by atoms with Gasteiger partial charge in [-0.2, -0.15) is 5.26 Å². The van der Waals surface area contributed by atoms with E-state index in [0.717, 1.165) is 15.3 Å². The van der Waals surface area contributed by atoms with E-state index < -0.39 is 0 Å². The van der Waals surface area contributed by atoms with Crippen molar-refractivity contribution in [2.75, 3.05) is 18.5 Å². The number of thiophene rings is 2. The zero-order chi connectivity index (χ0) is 19.4. The Balaban J connectivity index is 1.73. The van der Waals surface area contributed by atoms with Crippen LogP contribution in [-0.4, -0.2) is 30.1 Å². The SMILES string of the molecule is CCOC(=O)N1CCc2c(sc(NC(=O)C=Cc3ccc(C)s3)c2C#N)C1. The Kier molecular flexibility index (Phi) is 5.94. The molecule has 6 nitrogen and oxygen atoms in total. The summed E-state index contributed by atoms with van der Waals surface area (Å²) >= 11 is 2.95. The van der Waals surface area contributed by atoms with Gasteiger partial charge in [-0.3, -0.25) is 4.79 Å². The second kappa shape index (κ2) is 8.37. The Bertz CT molecular complexity index is 937. The Labute approximate surface area is 165 Å². The maximum absolute atomic E-state index is 12.3. The Morgan fingerprint density at radius 3 is 2.89 bits per heavy atom. The van der Waals surface area contributed by atoms with Gasteiger partial charge in [-0.15, -0.1) is 22.7 Å². The minimum atomic E-state index is -0.352. The Hall–Kier alpha value is -2.63. The largest absolute Gasteiger partial charge is 0.450 e. The molecule has 0 spiro atoms. The van der Waals surface area contributed by atoms with Crippen LogP contribution in [0.2, 0.25) is 0 Å². The Morgan fingerprint density at radius 1 is 1.41 bits per heavy atom. The van der Waals surface area contributed by atoms with E-state index >= 15 is 0 Å². The van der Waals surface area contributed by atoms with Crippen LogP contribution >= 0.6 is 22.7 Å². The number of carbonyl (C=O) groups excluding carboxylic acids is 2. The first-order chi connectivity index (χ1) is 13.0. The van der Waals surface area contributed by atoms with Crippen LogP contribution < -0.4 is 5.32 Å². The molecule has 3 rings (SSSR count). The molecule has 0 aliphatic carbocycles. The zero-order valence-corrected chi connectivity index (χ0v) is 16.7. The van der Waals surface area contributed by atoms with E-state index in [1.54, 1.807) is 29.2 Å². The number of rotatable bonds is 4. The van der Waals surface area contributed by atoms with E-state index in [-0.39, 0.29) is 12.0 Å². The molecule has 1 N–H and O–H groups in total. The third kappa shape index (κ3) is 4.38. The molecule has 2 aromatic rings. The first kappa shape index (κ1) is 19.1. The number of ether oxygens (including phenoxy) is 1. The van der Waals surface area contributed by atoms with Gasteiger partial charge in [0.1, 0.15) is 11.1 Å². The standard InChI is InChI=1S/C19H19N3O3S2/c1-3-25-19(24)22-9-8-14-15(10-20)18(27-16(14)11-22)21-17(23)7-6-13-5-4-12(2)26-13/h4-7H,3,8-9,11H2,1-2H3,(H,21,23). The summed E-state index contributed by atoms with van der Waals surface area (Å²) in [6, 6.07) is 6.15. The summed E-state index contributed by atoms with van der Waals surface area (Å²) in [5, 5.41) is 12.9. The maximum atomic E-state index is 12.3. The van der Waals surface area contributed by atoms with Gasteiger partial charge in [0.25, 0.3) is 0 Å². The number of nitrogens with zero attached hydrogens (tertiary/aromatic N) is 2. The molecular formula is C19H19N3O3S2. The summed E-state index contributed by atoms with van der Waals surface area (Å²) < 4.78 is 5.05. The number of hydrogen-bond donors (Lipinski definition) is 1. The summed E-state index contributed by atoms with van der Waals surface area (Å²) in [7, 11) is 0. The normalized spacial score (nSPS) is 13.3. The van der Waals surface area contributed by atoms with Crippen molar-refractivity contribution in [3.05, 3.63) is 44.0 Å². The molecular weight excluding hydrogens is 382 g/mol. The average Bonchev–Trinajstić information content (AvgIpc) is 3.22. The van der Waals surface area contributed by atoms with Crippen LogP contribution in [0.1, 0.15) is 32.7 Å². The van der Waals surface area contributed by atoms with Crippen molar-refractivity contribution in [3.63, 3.8) is 0 Å². The van der Waals surface area contributed by atoms with Gasteiger partial charge >= 0.3 is 6.09 Å². The van der Waals surface area contributed by atoms with Crippen molar-refractivity contribution in [1.29, 1.82) is 5.26 Å². The van der Waals surface area contributed by atoms with Crippen molar-refractivity contribution in [1.82, 2.24) is 4.90 Å². The summed E-state index contributed by atoms with van der Waals surface area (Å²) in [4.78, 5) is 28.9. The number of aryl methyl sites for hydroxylation is 1. The van der Waals surface area contributed by atoms with Gasteiger partial charge in [0.15, 0.2) is 0 Å². The lowest BCUT2D eigenvalue weighted by molar-refractivity contribution is -0.111. The molecule has 0 bridgehead atoms. The monoisotopic (exact) mass is 401 g/mol. The predicted molar refractivity (Wildman–Crippen MR) is 107 cm³/mol. The van der Waals surface area contributed by atoms with Crippen LogP contribution in [0, 0.1) is 18.3 Å². The fraction of sp³-hybridized carbons (Fsp3) is 0.316. The molecule has 8 heteroatoms. The number of carbonyl (C=O) groups is 2. The lowest BCUT2D eigenvalue weighted by Gasteiger charge is -2.25. The first-order valence-corrected chi connectivity index (χ1v) is 10.2. The fourth-order valence-electron chi connectivity index (χ4n) is 2.83. The Morgan fingerprint density at radius 2 is 2.22 bits per heavy atom. The third-order valence-corrected chi connectivity index (χ3v) is 6.19. The number of hydrogen-bond acceptors (Lipinski definition) is 6. The molecule has 140 valence electrons. The molecule has 27 heavy (non-hydrogen) atoms. The molecule has 0 saturated heterocycles. The van der Waals surface area contributed by atoms with Crippen molar-refractivity contribution < 1.29 is 14.3 Å². The lowest BCUT2D eigenvalue weighted by Crippen LogP contribution is -2.35. The highest BCUT2D eigenvalue weighted by Gasteiger charge is 2.27. The van der Waals surface area contributed by atoms with Crippen molar-refractivity contribution in [2.45, 2.75) is 26.8 Å². The maximum Gasteiger partial charge on any atom is 0.410 e. The van der Waals surface area contributed by atoms with E-state index in [1.165, 1.54) is 22.3 Å². The van der Waals surface area contributed by atoms with Gasteiger partial charge in [0.05, 0.1) is 18.7 Å². The van der Waals surface area contributed by atoms with Crippen LogP contribution in [0.25, 0.3) is 6.08 Å². The van der Waals surface area contributed by atoms with Crippen LogP contribution in [0.4, 0.5) is 9.80 Å². The van der Waals surface area contributed by atoms with E-state index in [9.17, 15) is 14.9 Å². The highest BCUT2D eigenvalue weighted by atomic mass is 32.1. The topological polar surface area (TPSA) is 82.4 Å². The molecule has 3 heterocycles. The minimum Gasteiger partial charge on any atom is -0.450 e. The van der Waals surface area contributed by atoms with Gasteiger partial charge < -0.3 is 15.0 Å². The van der Waals surface area contributed by atoms with Crippen LogP contribution in [0.5, 0.6) is 0 Å². The molecule has 0 radical (unpaired) electrons. The summed E-state index contributed by atoms with van der Waals surface area (Å²) in [5.74, 6) is -0.279. The van der Waals surface area contributed by atoms with Gasteiger partial charge in [0, 0.05) is 27.3 Å². The van der Waals surface area contributed by atoms with E-state index in [4.69, 9.17) is 4.74 Å². The van der Waals surface area contributed by atoms with Crippen molar-refractivity contribution in [2.24, 2.45) is 0 Å². The second-order valence-electron chi connectivity index (χ2n) is 5.96. The number of nitriles is 1. The first-order valence-electron chi connectivity index (χ1n) is 8.53. The van der Waals surface area contributed by atoms with Gasteiger partial charge in [-0.05, 0) is 44.0 Å². The predicted octanol–water partition coefficient (Wildman–Crippen LogP) is 4.16. The quantitative estimate of drug-likeness (QED) is 0.780. The minimum absolute atomic E-state index is 0.279. The van der Waals surface area contributed by atoms with Gasteiger partial charge in [-0.25, -0.2) is 4.79 Å². The molecule has 2 amide bonds. The van der Waals surface area contributed by atoms with Crippen molar-refractivity contribution >= 4 is 45.8 Å². The molecule has 1 aliphatic rings. The molecule has 0 saturated carbocycles. The molecule has 2 aromatic heterocycles. The highest BCUT2D eigenvalue weighted by Crippen LogP contribution is 2.36. The zero-order valence-electron chi connectivity index (χ0n) is 15.1. The third-order valence-electron chi connectivity index (χ3n) is 4.09. The average molecular weight is 402 g/mol. The van der Waals surface area contributed by atoms with E-state index in [1.807, 2.05) is 19.1 Å². The molecule has 1 aliphatic heterocycles. The van der Waals surface area contributed by atoms with E-state index in [2.05, 4.69) is 11.4 Å². The van der Waals surface area contributed by atoms with Gasteiger partial charge in [0.2, 0.25) is 5.91 Å². The van der Waals surface area contributed by atoms with Crippen molar-refractivity contribution in [3.8, 4) is 6.07 Å². The molecule has 0 aromatic carbocycles. The van der Waals surface area contributed by atoms with Crippen LogP contribution in [0.15, 0.2) is 18.2 Å². The summed E-state index contributed by atoms with van der Waals surface area (Å²) in [6.45, 7) is 5.01. The number of fused-ring (bicyclic) bond motifs is 1. The summed E-state index contributed by atoms with van der Waals surface area (Å²) in [5.41, 5.74) is 1.41. The fourth-order valence-corrected chi connectivity index (χ4v) is 4.83. The second-order valence-corrected chi connectivity index (χ2v) is 8.39. The van der Waals surface area contributed by atoms with Crippen LogP contribution in [-0.2, 0) is 22.5 Å². The highest BCUT2D eigenvalue weighted by molar-refractivity contribution is 7.16. The van der Waals surface area contributed by atoms with Gasteiger partial charge in [-0.1, -0.05) is 0 Å². The number of nitrogens with one attached hydrogen (secondary N) is 1.